The van der Waals surface area contributed by atoms with Crippen LogP contribution in [0.5, 0.6) is 0 Å². The van der Waals surface area contributed by atoms with E-state index in [-0.39, 0.29) is 5.75 Å². The predicted octanol–water partition coefficient (Wildman–Crippen LogP) is 0.299. The van der Waals surface area contributed by atoms with Gasteiger partial charge in [-0.25, -0.2) is 13.0 Å². The molecular weight excluding hydrogens is 202 g/mol. The van der Waals surface area contributed by atoms with Gasteiger partial charge < -0.3 is 4.55 Å². The molecule has 0 fully saturated rings. The summed E-state index contributed by atoms with van der Waals surface area (Å²) in [5.74, 6) is -0.263. The van der Waals surface area contributed by atoms with Crippen LogP contribution in [0.4, 0.5) is 0 Å². The summed E-state index contributed by atoms with van der Waals surface area (Å²) in [5.41, 5.74) is 0. The van der Waals surface area contributed by atoms with Crippen LogP contribution in [0.25, 0.3) is 0 Å². The molecule has 0 aliphatic rings. The fraction of sp³-hybridized carbons (Fsp3) is 0.444. The van der Waals surface area contributed by atoms with Gasteiger partial charge in [0.15, 0.2) is 12.4 Å². The molecule has 0 bridgehead atoms. The lowest BCUT2D eigenvalue weighted by atomic mass is 10.3. The van der Waals surface area contributed by atoms with E-state index in [4.69, 9.17) is 0 Å². The van der Waals surface area contributed by atoms with Crippen molar-refractivity contribution < 1.29 is 17.5 Å². The van der Waals surface area contributed by atoms with E-state index in [1.165, 1.54) is 0 Å². The highest BCUT2D eigenvalue weighted by Crippen LogP contribution is 1.93. The van der Waals surface area contributed by atoms with Crippen molar-refractivity contribution >= 4 is 10.1 Å². The Bertz CT molecular complexity index is 361. The molecule has 0 radical (unpaired) electrons. The normalized spacial score (nSPS) is 11.5. The van der Waals surface area contributed by atoms with Gasteiger partial charge in [0.1, 0.15) is 6.54 Å². The molecule has 1 aromatic rings. The monoisotopic (exact) mass is 215 g/mol. The van der Waals surface area contributed by atoms with Crippen molar-refractivity contribution in [2.45, 2.75) is 19.4 Å². The number of hydrogen-bond acceptors (Lipinski definition) is 3. The Hall–Kier alpha value is -0.940. The fourth-order valence-corrected chi connectivity index (χ4v) is 1.71. The van der Waals surface area contributed by atoms with Crippen LogP contribution in [0, 0.1) is 0 Å². The van der Waals surface area contributed by atoms with E-state index in [2.05, 4.69) is 0 Å². The third kappa shape index (κ3) is 4.94. The zero-order valence-electron chi connectivity index (χ0n) is 7.80. The average Bonchev–Trinajstić information content (AvgIpc) is 2.13. The molecule has 1 heterocycles. The van der Waals surface area contributed by atoms with E-state index < -0.39 is 10.1 Å². The second kappa shape index (κ2) is 5.07. The first-order chi connectivity index (χ1) is 6.58. The van der Waals surface area contributed by atoms with Crippen LogP contribution in [0.1, 0.15) is 12.8 Å². The number of pyridine rings is 1. The van der Waals surface area contributed by atoms with Gasteiger partial charge in [-0.1, -0.05) is 6.07 Å². The first-order valence-corrected chi connectivity index (χ1v) is 6.03. The Morgan fingerprint density at radius 3 is 2.29 bits per heavy atom. The molecule has 0 amide bonds. The summed E-state index contributed by atoms with van der Waals surface area (Å²) in [6.45, 7) is 0.746. The van der Waals surface area contributed by atoms with Crippen molar-refractivity contribution in [2.75, 3.05) is 5.75 Å². The molecule has 4 nitrogen and oxygen atoms in total. The van der Waals surface area contributed by atoms with Crippen molar-refractivity contribution in [1.29, 1.82) is 0 Å². The Morgan fingerprint density at radius 1 is 1.07 bits per heavy atom. The standard InChI is InChI=1S/C9H13NO3S/c11-14(12,13)9-5-4-8-10-6-2-1-3-7-10/h1-3,6-7H,4-5,8-9H2. The maximum Gasteiger partial charge on any atom is 0.168 e. The van der Waals surface area contributed by atoms with E-state index in [0.717, 1.165) is 6.54 Å². The molecule has 0 unspecified atom stereocenters. The first-order valence-electron chi connectivity index (χ1n) is 4.45. The lowest BCUT2D eigenvalue weighted by Gasteiger charge is -2.04. The molecule has 5 heteroatoms. The summed E-state index contributed by atoms with van der Waals surface area (Å²) in [4.78, 5) is 0. The minimum absolute atomic E-state index is 0.263. The quantitative estimate of drug-likeness (QED) is 0.403. The molecule has 0 aromatic carbocycles. The minimum atomic E-state index is -4.04. The van der Waals surface area contributed by atoms with Crippen molar-refractivity contribution in [1.82, 2.24) is 0 Å². The summed E-state index contributed by atoms with van der Waals surface area (Å²) in [5, 5.41) is 0. The van der Waals surface area contributed by atoms with Gasteiger partial charge in [0.25, 0.3) is 0 Å². The molecule has 0 spiro atoms. The highest BCUT2D eigenvalue weighted by Gasteiger charge is 1.99. The molecule has 0 atom stereocenters. The zero-order valence-corrected chi connectivity index (χ0v) is 8.61. The summed E-state index contributed by atoms with van der Waals surface area (Å²) < 4.78 is 32.8. The number of unbranched alkanes of at least 4 members (excludes halogenated alkanes) is 1. The molecule has 0 saturated carbocycles. The summed E-state index contributed by atoms with van der Waals surface area (Å²) in [6, 6.07) is 5.73. The van der Waals surface area contributed by atoms with Gasteiger partial charge in [0.2, 0.25) is 0 Å². The summed E-state index contributed by atoms with van der Waals surface area (Å²) in [7, 11) is -4.04. The van der Waals surface area contributed by atoms with Crippen molar-refractivity contribution in [2.24, 2.45) is 0 Å². The van der Waals surface area contributed by atoms with E-state index in [0.29, 0.717) is 12.8 Å². The molecule has 0 N–H and O–H groups in total. The van der Waals surface area contributed by atoms with Crippen LogP contribution in [0.2, 0.25) is 0 Å². The topological polar surface area (TPSA) is 61.1 Å². The second-order valence-corrected chi connectivity index (χ2v) is 4.61. The van der Waals surface area contributed by atoms with Crippen LogP contribution in [-0.4, -0.2) is 18.7 Å². The molecule has 0 aliphatic heterocycles. The van der Waals surface area contributed by atoms with Crippen molar-refractivity contribution in [3.63, 3.8) is 0 Å². The smallest absolute Gasteiger partial charge is 0.168 e. The number of hydrogen-bond donors (Lipinski definition) is 0. The van der Waals surface area contributed by atoms with Crippen LogP contribution in [0.15, 0.2) is 30.6 Å². The maximum atomic E-state index is 10.3. The van der Waals surface area contributed by atoms with Crippen LogP contribution in [-0.2, 0) is 16.7 Å². The van der Waals surface area contributed by atoms with Gasteiger partial charge >= 0.3 is 0 Å². The summed E-state index contributed by atoms with van der Waals surface area (Å²) >= 11 is 0. The lowest BCUT2D eigenvalue weighted by Crippen LogP contribution is -2.32. The van der Waals surface area contributed by atoms with Crippen LogP contribution in [0.3, 0.4) is 0 Å². The third-order valence-electron chi connectivity index (χ3n) is 1.84. The minimum Gasteiger partial charge on any atom is -0.748 e. The van der Waals surface area contributed by atoms with Crippen molar-refractivity contribution in [3.05, 3.63) is 30.6 Å². The van der Waals surface area contributed by atoms with E-state index >= 15 is 0 Å². The van der Waals surface area contributed by atoms with Gasteiger partial charge in [-0.05, 0) is 6.42 Å². The van der Waals surface area contributed by atoms with Crippen LogP contribution < -0.4 is 4.57 Å². The Labute approximate surface area is 83.9 Å². The van der Waals surface area contributed by atoms with Gasteiger partial charge in [0, 0.05) is 24.3 Å². The Morgan fingerprint density at radius 2 is 1.71 bits per heavy atom. The van der Waals surface area contributed by atoms with E-state index in [1.807, 2.05) is 35.2 Å². The lowest BCUT2D eigenvalue weighted by molar-refractivity contribution is -0.697. The maximum absolute atomic E-state index is 10.3. The highest BCUT2D eigenvalue weighted by atomic mass is 32.2. The molecule has 0 saturated heterocycles. The van der Waals surface area contributed by atoms with E-state index in [9.17, 15) is 13.0 Å². The molecule has 1 aromatic heterocycles. The van der Waals surface area contributed by atoms with Gasteiger partial charge in [-0.15, -0.1) is 0 Å². The summed E-state index contributed by atoms with van der Waals surface area (Å²) in [6.07, 6.45) is 4.95. The fourth-order valence-electron chi connectivity index (χ4n) is 1.16. The number of rotatable bonds is 5. The van der Waals surface area contributed by atoms with Crippen LogP contribution >= 0.6 is 0 Å². The van der Waals surface area contributed by atoms with Crippen molar-refractivity contribution in [3.8, 4) is 0 Å². The number of aromatic nitrogens is 1. The Balaban J connectivity index is 2.23. The average molecular weight is 215 g/mol. The molecule has 78 valence electrons. The Kier molecular flexibility index (Phi) is 4.03. The van der Waals surface area contributed by atoms with E-state index in [1.54, 1.807) is 0 Å². The molecule has 0 aliphatic carbocycles. The number of nitrogens with zero attached hydrogens (tertiary/aromatic N) is 1. The second-order valence-electron chi connectivity index (χ2n) is 3.08. The first kappa shape index (κ1) is 11.1. The van der Waals surface area contributed by atoms with Gasteiger partial charge in [0.05, 0.1) is 10.1 Å². The van der Waals surface area contributed by atoms with Gasteiger partial charge in [-0.3, -0.25) is 0 Å². The highest BCUT2D eigenvalue weighted by molar-refractivity contribution is 7.85. The zero-order chi connectivity index (χ0) is 10.4. The number of aryl methyl sites for hydroxylation is 1. The van der Waals surface area contributed by atoms with Gasteiger partial charge in [-0.2, -0.15) is 0 Å². The molecular formula is C9H13NO3S. The molecule has 14 heavy (non-hydrogen) atoms. The SMILES string of the molecule is O=S(=O)([O-])CCCC[n+]1ccccc1. The predicted molar refractivity (Wildman–Crippen MR) is 50.4 cm³/mol. The third-order valence-corrected chi connectivity index (χ3v) is 2.63. The molecule has 1 rings (SSSR count). The largest absolute Gasteiger partial charge is 0.748 e.